The molecule has 3 nitrogen and oxygen atoms in total. The molecule has 0 amide bonds. The van der Waals surface area contributed by atoms with Gasteiger partial charge >= 0.3 is 0 Å². The van der Waals surface area contributed by atoms with Gasteiger partial charge in [0.1, 0.15) is 0 Å². The van der Waals surface area contributed by atoms with E-state index in [0.29, 0.717) is 12.6 Å². The summed E-state index contributed by atoms with van der Waals surface area (Å²) in [7, 11) is 1.76. The number of nitrogens with zero attached hydrogens (tertiary/aromatic N) is 1. The summed E-state index contributed by atoms with van der Waals surface area (Å²) in [6.45, 7) is 7.58. The maximum atomic E-state index is 9.86. The Balaban J connectivity index is 2.62. The van der Waals surface area contributed by atoms with Gasteiger partial charge < -0.3 is 9.84 Å². The number of aliphatic hydroxyl groups excluding tert-OH is 1. The SMILES string of the molecule is CCN(CC1(CO)CCCCCC1)C(C)COC. The van der Waals surface area contributed by atoms with E-state index in [1.165, 1.54) is 38.5 Å². The Labute approximate surface area is 113 Å². The second-order valence-electron chi connectivity index (χ2n) is 5.94. The average molecular weight is 257 g/mol. The highest BCUT2D eigenvalue weighted by atomic mass is 16.5. The second kappa shape index (κ2) is 8.13. The molecule has 1 unspecified atom stereocenters. The van der Waals surface area contributed by atoms with E-state index in [0.717, 1.165) is 19.7 Å². The van der Waals surface area contributed by atoms with Crippen molar-refractivity contribution in [1.82, 2.24) is 4.90 Å². The zero-order chi connectivity index (χ0) is 13.4. The van der Waals surface area contributed by atoms with Gasteiger partial charge in [0.15, 0.2) is 0 Å². The zero-order valence-electron chi connectivity index (χ0n) is 12.5. The predicted molar refractivity (Wildman–Crippen MR) is 75.8 cm³/mol. The van der Waals surface area contributed by atoms with Crippen LogP contribution in [0.25, 0.3) is 0 Å². The van der Waals surface area contributed by atoms with Crippen LogP contribution in [-0.2, 0) is 4.74 Å². The molecule has 1 aliphatic rings. The summed E-state index contributed by atoms with van der Waals surface area (Å²) in [5, 5.41) is 9.86. The first-order valence-corrected chi connectivity index (χ1v) is 7.51. The van der Waals surface area contributed by atoms with Gasteiger partial charge in [-0.3, -0.25) is 4.90 Å². The Hall–Kier alpha value is -0.120. The van der Waals surface area contributed by atoms with Crippen LogP contribution in [0.15, 0.2) is 0 Å². The number of aliphatic hydroxyl groups is 1. The molecule has 0 aromatic carbocycles. The summed E-state index contributed by atoms with van der Waals surface area (Å²) in [5.41, 5.74) is 0.133. The van der Waals surface area contributed by atoms with Crippen molar-refractivity contribution in [1.29, 1.82) is 0 Å². The number of methoxy groups -OCH3 is 1. The summed E-state index contributed by atoms with van der Waals surface area (Å²) >= 11 is 0. The van der Waals surface area contributed by atoms with Crippen LogP contribution >= 0.6 is 0 Å². The highest BCUT2D eigenvalue weighted by Crippen LogP contribution is 2.35. The molecule has 1 N–H and O–H groups in total. The van der Waals surface area contributed by atoms with Gasteiger partial charge in [-0.25, -0.2) is 0 Å². The Morgan fingerprint density at radius 2 is 1.83 bits per heavy atom. The van der Waals surface area contributed by atoms with E-state index >= 15 is 0 Å². The highest BCUT2D eigenvalue weighted by molar-refractivity contribution is 4.85. The molecule has 0 spiro atoms. The highest BCUT2D eigenvalue weighted by Gasteiger charge is 2.33. The van der Waals surface area contributed by atoms with Gasteiger partial charge in [0.25, 0.3) is 0 Å². The third kappa shape index (κ3) is 4.52. The van der Waals surface area contributed by atoms with Crippen LogP contribution in [0, 0.1) is 5.41 Å². The summed E-state index contributed by atoms with van der Waals surface area (Å²) in [5.74, 6) is 0. The minimum atomic E-state index is 0.133. The van der Waals surface area contributed by atoms with E-state index in [4.69, 9.17) is 4.74 Å². The molecule has 1 atom stereocenters. The number of hydrogen-bond acceptors (Lipinski definition) is 3. The van der Waals surface area contributed by atoms with Crippen LogP contribution < -0.4 is 0 Å². The van der Waals surface area contributed by atoms with Crippen LogP contribution in [0.3, 0.4) is 0 Å². The fraction of sp³-hybridized carbons (Fsp3) is 1.00. The Morgan fingerprint density at radius 1 is 1.22 bits per heavy atom. The fourth-order valence-electron chi connectivity index (χ4n) is 3.20. The van der Waals surface area contributed by atoms with Gasteiger partial charge in [-0.05, 0) is 26.3 Å². The lowest BCUT2D eigenvalue weighted by atomic mass is 9.80. The fourth-order valence-corrected chi connectivity index (χ4v) is 3.20. The van der Waals surface area contributed by atoms with Crippen LogP contribution in [0.5, 0.6) is 0 Å². The Bertz CT molecular complexity index is 213. The summed E-state index contributed by atoms with van der Waals surface area (Å²) in [6.07, 6.45) is 7.58. The van der Waals surface area contributed by atoms with Gasteiger partial charge in [-0.2, -0.15) is 0 Å². The van der Waals surface area contributed by atoms with Crippen LogP contribution in [0.1, 0.15) is 52.4 Å². The molecule has 1 saturated carbocycles. The monoisotopic (exact) mass is 257 g/mol. The minimum absolute atomic E-state index is 0.133. The van der Waals surface area contributed by atoms with Gasteiger partial charge in [0.05, 0.1) is 6.61 Å². The van der Waals surface area contributed by atoms with E-state index in [2.05, 4.69) is 18.7 Å². The third-order valence-corrected chi connectivity index (χ3v) is 4.48. The maximum Gasteiger partial charge on any atom is 0.0615 e. The molecular weight excluding hydrogens is 226 g/mol. The first-order valence-electron chi connectivity index (χ1n) is 7.51. The predicted octanol–water partition coefficient (Wildman–Crippen LogP) is 2.68. The minimum Gasteiger partial charge on any atom is -0.396 e. The average Bonchev–Trinajstić information content (AvgIpc) is 2.62. The van der Waals surface area contributed by atoms with Crippen molar-refractivity contribution in [2.45, 2.75) is 58.4 Å². The summed E-state index contributed by atoms with van der Waals surface area (Å²) in [4.78, 5) is 2.46. The lowest BCUT2D eigenvalue weighted by molar-refractivity contribution is 0.0266. The molecule has 18 heavy (non-hydrogen) atoms. The van der Waals surface area contributed by atoms with E-state index in [9.17, 15) is 5.11 Å². The topological polar surface area (TPSA) is 32.7 Å². The summed E-state index contributed by atoms with van der Waals surface area (Å²) in [6, 6.07) is 0.437. The third-order valence-electron chi connectivity index (χ3n) is 4.48. The molecule has 3 heteroatoms. The zero-order valence-corrected chi connectivity index (χ0v) is 12.5. The first kappa shape index (κ1) is 15.9. The van der Waals surface area contributed by atoms with E-state index in [-0.39, 0.29) is 5.41 Å². The van der Waals surface area contributed by atoms with Crippen LogP contribution in [-0.4, -0.2) is 49.5 Å². The molecule has 0 heterocycles. The van der Waals surface area contributed by atoms with Crippen molar-refractivity contribution in [3.8, 4) is 0 Å². The van der Waals surface area contributed by atoms with Crippen molar-refractivity contribution in [3.63, 3.8) is 0 Å². The smallest absolute Gasteiger partial charge is 0.0615 e. The molecule has 108 valence electrons. The van der Waals surface area contributed by atoms with Crippen LogP contribution in [0.4, 0.5) is 0 Å². The van der Waals surface area contributed by atoms with Gasteiger partial charge in [-0.1, -0.05) is 32.6 Å². The molecule has 0 aromatic rings. The number of rotatable bonds is 7. The van der Waals surface area contributed by atoms with Crippen molar-refractivity contribution in [2.75, 3.05) is 33.4 Å². The van der Waals surface area contributed by atoms with Gasteiger partial charge in [0.2, 0.25) is 0 Å². The largest absolute Gasteiger partial charge is 0.396 e. The van der Waals surface area contributed by atoms with Crippen LogP contribution in [0.2, 0.25) is 0 Å². The van der Waals surface area contributed by atoms with Crippen molar-refractivity contribution < 1.29 is 9.84 Å². The molecule has 0 saturated heterocycles. The van der Waals surface area contributed by atoms with E-state index < -0.39 is 0 Å². The van der Waals surface area contributed by atoms with Crippen molar-refractivity contribution in [2.24, 2.45) is 5.41 Å². The Morgan fingerprint density at radius 3 is 2.28 bits per heavy atom. The quantitative estimate of drug-likeness (QED) is 0.712. The molecule has 1 fully saturated rings. The number of ether oxygens (including phenoxy) is 1. The van der Waals surface area contributed by atoms with Gasteiger partial charge in [-0.15, -0.1) is 0 Å². The molecule has 0 radical (unpaired) electrons. The molecule has 0 aliphatic heterocycles. The number of likely N-dealkylation sites (N-methyl/N-ethyl adjacent to an activating group) is 1. The normalized spacial score (nSPS) is 21.8. The molecular formula is C15H31NO2. The standard InChI is InChI=1S/C15H31NO2/c1-4-16(14(2)11-18-3)12-15(13-17)9-7-5-6-8-10-15/h14,17H,4-13H2,1-3H3. The lowest BCUT2D eigenvalue weighted by Gasteiger charge is -2.39. The van der Waals surface area contributed by atoms with Crippen molar-refractivity contribution >= 4 is 0 Å². The first-order chi connectivity index (χ1) is 8.67. The number of hydrogen-bond donors (Lipinski definition) is 1. The molecule has 1 aliphatic carbocycles. The molecule has 0 aromatic heterocycles. The summed E-state index contributed by atoms with van der Waals surface area (Å²) < 4.78 is 5.26. The van der Waals surface area contributed by atoms with Crippen molar-refractivity contribution in [3.05, 3.63) is 0 Å². The van der Waals surface area contributed by atoms with Gasteiger partial charge in [0, 0.05) is 31.7 Å². The van der Waals surface area contributed by atoms with E-state index in [1.54, 1.807) is 7.11 Å². The molecule has 0 bridgehead atoms. The Kier molecular flexibility index (Phi) is 7.20. The second-order valence-corrected chi connectivity index (χ2v) is 5.94. The van der Waals surface area contributed by atoms with E-state index in [1.807, 2.05) is 0 Å². The lowest BCUT2D eigenvalue weighted by Crippen LogP contribution is -2.45. The maximum absolute atomic E-state index is 9.86. The molecule has 1 rings (SSSR count).